The van der Waals surface area contributed by atoms with Crippen LogP contribution in [0.3, 0.4) is 0 Å². The fraction of sp³-hybridized carbons (Fsp3) is 0.619. The molecular weight excluding hydrogens is 445 g/mol. The van der Waals surface area contributed by atoms with Gasteiger partial charge in [0, 0.05) is 32.9 Å². The lowest BCUT2D eigenvalue weighted by molar-refractivity contribution is -0.137. The predicted octanol–water partition coefficient (Wildman–Crippen LogP) is 3.29. The molecule has 3 rings (SSSR count). The molecular formula is C21H27F3N4O5. The lowest BCUT2D eigenvalue weighted by atomic mass is 9.86. The van der Waals surface area contributed by atoms with Crippen molar-refractivity contribution in [1.29, 1.82) is 0 Å². The molecule has 0 bridgehead atoms. The number of nitrogens with zero attached hydrogens (tertiary/aromatic N) is 4. The molecule has 0 radical (unpaired) electrons. The number of piperidine rings is 1. The number of imide groups is 1. The third-order valence-corrected chi connectivity index (χ3v) is 5.60. The number of carbonyl (C=O) groups is 3. The summed E-state index contributed by atoms with van der Waals surface area (Å²) in [4.78, 5) is 46.4. The molecule has 3 heterocycles. The van der Waals surface area contributed by atoms with Crippen molar-refractivity contribution >= 4 is 23.8 Å². The molecule has 1 aromatic rings. The Balaban J connectivity index is 1.89. The molecule has 0 N–H and O–H groups in total. The summed E-state index contributed by atoms with van der Waals surface area (Å²) in [6.07, 6.45) is -4.07. The van der Waals surface area contributed by atoms with Crippen molar-refractivity contribution in [1.82, 2.24) is 14.8 Å². The molecule has 0 aliphatic carbocycles. The van der Waals surface area contributed by atoms with Gasteiger partial charge in [0.1, 0.15) is 17.0 Å². The van der Waals surface area contributed by atoms with Gasteiger partial charge in [0.15, 0.2) is 0 Å². The smallest absolute Gasteiger partial charge is 0.416 e. The van der Waals surface area contributed by atoms with Crippen molar-refractivity contribution in [3.05, 3.63) is 23.9 Å². The number of methoxy groups -OCH3 is 1. The highest BCUT2D eigenvalue weighted by Gasteiger charge is 2.59. The Bertz CT molecular complexity index is 923. The van der Waals surface area contributed by atoms with Crippen molar-refractivity contribution in [3.8, 4) is 0 Å². The third kappa shape index (κ3) is 4.90. The maximum absolute atomic E-state index is 13.5. The minimum absolute atomic E-state index is 0.0585. The zero-order valence-corrected chi connectivity index (χ0v) is 18.9. The van der Waals surface area contributed by atoms with Crippen LogP contribution in [-0.2, 0) is 20.4 Å². The van der Waals surface area contributed by atoms with Crippen LogP contribution < -0.4 is 4.90 Å². The number of urea groups is 1. The monoisotopic (exact) mass is 472 g/mol. The normalized spacial score (nSPS) is 18.9. The van der Waals surface area contributed by atoms with Gasteiger partial charge in [0.25, 0.3) is 5.91 Å². The Kier molecular flexibility index (Phi) is 6.60. The average molecular weight is 472 g/mol. The predicted molar refractivity (Wildman–Crippen MR) is 110 cm³/mol. The number of anilines is 1. The number of pyridine rings is 1. The number of rotatable bonds is 4. The second kappa shape index (κ2) is 8.81. The standard InChI is InChI=1S/C21H27F3N4O5/c1-19(2,3)33-18(31)26-9-6-20(7-10-26)16(29)28(17(30)27(20)11-12-32-4)15-13-14(5-8-25-15)21(22,23)24/h5,8,13H,6-7,9-12H2,1-4H3. The second-order valence-corrected chi connectivity index (χ2v) is 8.97. The van der Waals surface area contributed by atoms with Crippen LogP contribution in [0.5, 0.6) is 0 Å². The molecule has 12 heteroatoms. The van der Waals surface area contributed by atoms with Gasteiger partial charge in [-0.2, -0.15) is 13.2 Å². The van der Waals surface area contributed by atoms with Crippen LogP contribution in [0.15, 0.2) is 18.3 Å². The van der Waals surface area contributed by atoms with Gasteiger partial charge in [0.05, 0.1) is 12.2 Å². The van der Waals surface area contributed by atoms with Gasteiger partial charge in [0.2, 0.25) is 0 Å². The summed E-state index contributed by atoms with van der Waals surface area (Å²) < 4.78 is 50.0. The average Bonchev–Trinajstić information content (AvgIpc) is 2.91. The van der Waals surface area contributed by atoms with E-state index in [4.69, 9.17) is 9.47 Å². The van der Waals surface area contributed by atoms with Crippen LogP contribution in [0, 0.1) is 0 Å². The first kappa shape index (κ1) is 24.7. The largest absolute Gasteiger partial charge is 0.444 e. The van der Waals surface area contributed by atoms with E-state index in [1.807, 2.05) is 0 Å². The minimum Gasteiger partial charge on any atom is -0.444 e. The van der Waals surface area contributed by atoms with Crippen LogP contribution in [0.25, 0.3) is 0 Å². The first-order valence-electron chi connectivity index (χ1n) is 10.5. The Hall–Kier alpha value is -2.89. The molecule has 2 fully saturated rings. The summed E-state index contributed by atoms with van der Waals surface area (Å²) >= 11 is 0. The summed E-state index contributed by atoms with van der Waals surface area (Å²) in [5, 5.41) is 0. The molecule has 33 heavy (non-hydrogen) atoms. The summed E-state index contributed by atoms with van der Waals surface area (Å²) in [6.45, 7) is 5.68. The summed E-state index contributed by atoms with van der Waals surface area (Å²) in [7, 11) is 1.44. The van der Waals surface area contributed by atoms with Crippen LogP contribution in [0.1, 0.15) is 39.2 Å². The van der Waals surface area contributed by atoms with Gasteiger partial charge in [-0.1, -0.05) is 0 Å². The van der Waals surface area contributed by atoms with Gasteiger partial charge in [-0.05, 0) is 45.7 Å². The van der Waals surface area contributed by atoms with Crippen molar-refractivity contribution in [2.24, 2.45) is 0 Å². The van der Waals surface area contributed by atoms with Gasteiger partial charge in [-0.3, -0.25) is 4.79 Å². The number of hydrogen-bond acceptors (Lipinski definition) is 6. The molecule has 0 saturated carbocycles. The fourth-order valence-corrected chi connectivity index (χ4v) is 3.99. The molecule has 1 aromatic heterocycles. The highest BCUT2D eigenvalue weighted by molar-refractivity contribution is 6.23. The highest BCUT2D eigenvalue weighted by Crippen LogP contribution is 2.40. The number of aromatic nitrogens is 1. The quantitative estimate of drug-likeness (QED) is 0.625. The molecule has 0 unspecified atom stereocenters. The molecule has 2 aliphatic rings. The molecule has 0 atom stereocenters. The van der Waals surface area contributed by atoms with Crippen molar-refractivity contribution in [3.63, 3.8) is 0 Å². The maximum Gasteiger partial charge on any atom is 0.416 e. The van der Waals surface area contributed by atoms with E-state index in [1.54, 1.807) is 20.8 Å². The second-order valence-electron chi connectivity index (χ2n) is 8.97. The van der Waals surface area contributed by atoms with Crippen LogP contribution in [0.2, 0.25) is 0 Å². The molecule has 9 nitrogen and oxygen atoms in total. The lowest BCUT2D eigenvalue weighted by Gasteiger charge is -2.42. The van der Waals surface area contributed by atoms with Crippen LogP contribution in [-0.4, -0.2) is 77.3 Å². The molecule has 0 aromatic carbocycles. The van der Waals surface area contributed by atoms with Crippen molar-refractivity contribution in [2.75, 3.05) is 38.3 Å². The van der Waals surface area contributed by atoms with E-state index < -0.39 is 46.7 Å². The zero-order chi connectivity index (χ0) is 24.6. The van der Waals surface area contributed by atoms with Crippen molar-refractivity contribution < 1.29 is 37.0 Å². The first-order valence-corrected chi connectivity index (χ1v) is 10.5. The van der Waals surface area contributed by atoms with Crippen LogP contribution in [0.4, 0.5) is 28.6 Å². The number of hydrogen-bond donors (Lipinski definition) is 0. The van der Waals surface area contributed by atoms with E-state index in [9.17, 15) is 27.6 Å². The molecule has 182 valence electrons. The molecule has 4 amide bonds. The number of halogens is 3. The van der Waals surface area contributed by atoms with E-state index in [0.717, 1.165) is 12.3 Å². The lowest BCUT2D eigenvalue weighted by Crippen LogP contribution is -2.58. The highest BCUT2D eigenvalue weighted by atomic mass is 19.4. The van der Waals surface area contributed by atoms with Gasteiger partial charge in [-0.15, -0.1) is 0 Å². The number of alkyl halides is 3. The Morgan fingerprint density at radius 2 is 1.82 bits per heavy atom. The van der Waals surface area contributed by atoms with E-state index >= 15 is 0 Å². The summed E-state index contributed by atoms with van der Waals surface area (Å²) in [5.74, 6) is -1.06. The van der Waals surface area contributed by atoms with Gasteiger partial charge >= 0.3 is 18.3 Å². The summed E-state index contributed by atoms with van der Waals surface area (Å²) in [6, 6.07) is 0.681. The van der Waals surface area contributed by atoms with E-state index in [2.05, 4.69) is 4.98 Å². The van der Waals surface area contributed by atoms with E-state index in [1.165, 1.54) is 16.9 Å². The minimum atomic E-state index is -4.66. The van der Waals surface area contributed by atoms with Crippen LogP contribution >= 0.6 is 0 Å². The van der Waals surface area contributed by atoms with Crippen molar-refractivity contribution in [2.45, 2.75) is 50.9 Å². The number of likely N-dealkylation sites (tertiary alicyclic amines) is 1. The number of ether oxygens (including phenoxy) is 2. The molecule has 1 spiro atoms. The van der Waals surface area contributed by atoms with Gasteiger partial charge in [-0.25, -0.2) is 19.5 Å². The first-order chi connectivity index (χ1) is 15.3. The number of carbonyl (C=O) groups excluding carboxylic acids is 3. The zero-order valence-electron chi connectivity index (χ0n) is 18.9. The molecule has 2 saturated heterocycles. The molecule has 2 aliphatic heterocycles. The van der Waals surface area contributed by atoms with E-state index in [0.29, 0.717) is 11.0 Å². The SMILES string of the molecule is COCCN1C(=O)N(c2cc(C(F)(F)F)ccn2)C(=O)C12CCN(C(=O)OC(C)(C)C)CC2. The Morgan fingerprint density at radius 3 is 2.36 bits per heavy atom. The number of amides is 4. The topological polar surface area (TPSA) is 92.3 Å². The Labute approximate surface area is 189 Å². The fourth-order valence-electron chi connectivity index (χ4n) is 3.99. The van der Waals surface area contributed by atoms with Gasteiger partial charge < -0.3 is 19.3 Å². The third-order valence-electron chi connectivity index (χ3n) is 5.60. The maximum atomic E-state index is 13.5. The Morgan fingerprint density at radius 1 is 1.18 bits per heavy atom. The summed E-state index contributed by atoms with van der Waals surface area (Å²) in [5.41, 5.74) is -3.02. The van der Waals surface area contributed by atoms with E-state index in [-0.39, 0.29) is 39.1 Å².